The van der Waals surface area contributed by atoms with Crippen molar-refractivity contribution in [3.63, 3.8) is 0 Å². The van der Waals surface area contributed by atoms with Crippen molar-refractivity contribution in [1.82, 2.24) is 0 Å². The molecule has 0 bridgehead atoms. The Morgan fingerprint density at radius 3 is 2.00 bits per heavy atom. The number of carbonyl (C=O) groups is 2. The van der Waals surface area contributed by atoms with Crippen LogP contribution in [0.5, 0.6) is 5.75 Å². The van der Waals surface area contributed by atoms with E-state index in [9.17, 15) is 18.0 Å². The van der Waals surface area contributed by atoms with E-state index in [0.717, 1.165) is 11.1 Å². The Bertz CT molecular complexity index is 730. The third-order valence-electron chi connectivity index (χ3n) is 3.42. The second-order valence-electron chi connectivity index (χ2n) is 6.45. The summed E-state index contributed by atoms with van der Waals surface area (Å²) in [5, 5.41) is 0. The van der Waals surface area contributed by atoms with E-state index < -0.39 is 34.9 Å². The van der Waals surface area contributed by atoms with E-state index in [1.807, 2.05) is 45.9 Å². The average Bonchev–Trinajstić information content (AvgIpc) is 2.50. The quantitative estimate of drug-likeness (QED) is 0.429. The second-order valence-corrected chi connectivity index (χ2v) is 8.03. The van der Waals surface area contributed by atoms with E-state index in [2.05, 4.69) is 4.18 Å². The molecule has 0 aliphatic carbocycles. The number of rotatable bonds is 7. The molecule has 0 aliphatic rings. The molecule has 0 aromatic heterocycles. The fourth-order valence-corrected chi connectivity index (χ4v) is 2.57. The largest absolute Gasteiger partial charge is 0.513 e. The average molecular weight is 387 g/mol. The van der Waals surface area contributed by atoms with Crippen molar-refractivity contribution in [1.29, 1.82) is 0 Å². The molecule has 1 aromatic rings. The molecule has 1 rings (SSSR count). The number of carbonyl (C=O) groups excluding carboxylic acids is 2. The highest BCUT2D eigenvalue weighted by atomic mass is 32.2. The first-order valence-corrected chi connectivity index (χ1v) is 9.90. The smallest absolute Gasteiger partial charge is 0.432 e. The molecule has 0 saturated heterocycles. The predicted octanol–water partition coefficient (Wildman–Crippen LogP) is 2.28. The van der Waals surface area contributed by atoms with Crippen molar-refractivity contribution in [2.24, 2.45) is 5.73 Å². The SMILES string of the molecule is CC(C)c1cccc(C(C)C)c1OC(=O)OC[C@H](N)C(=O)OS(C)(=O)=O. The Hall–Kier alpha value is -2.13. The first-order valence-electron chi connectivity index (χ1n) is 8.08. The summed E-state index contributed by atoms with van der Waals surface area (Å²) >= 11 is 0. The van der Waals surface area contributed by atoms with Crippen LogP contribution in [0.15, 0.2) is 18.2 Å². The minimum Gasteiger partial charge on any atom is -0.432 e. The lowest BCUT2D eigenvalue weighted by Gasteiger charge is -2.19. The van der Waals surface area contributed by atoms with Crippen LogP contribution < -0.4 is 10.5 Å². The van der Waals surface area contributed by atoms with Gasteiger partial charge in [0.05, 0.1) is 6.26 Å². The van der Waals surface area contributed by atoms with Crippen molar-refractivity contribution in [2.75, 3.05) is 12.9 Å². The fourth-order valence-electron chi connectivity index (χ4n) is 2.15. The standard InChI is InChI=1S/C17H25NO7S/c1-10(2)12-7-6-8-13(11(3)4)15(12)24-17(20)23-9-14(18)16(19)25-26(5,21)22/h6-8,10-11,14H,9,18H2,1-5H3/t14-/m0/s1. The van der Waals surface area contributed by atoms with Crippen LogP contribution in [-0.2, 0) is 23.8 Å². The maximum atomic E-state index is 12.0. The molecule has 8 nitrogen and oxygen atoms in total. The van der Waals surface area contributed by atoms with Crippen LogP contribution in [0.25, 0.3) is 0 Å². The molecule has 0 heterocycles. The van der Waals surface area contributed by atoms with Crippen molar-refractivity contribution < 1.29 is 31.7 Å². The monoisotopic (exact) mass is 387 g/mol. The lowest BCUT2D eigenvalue weighted by atomic mass is 9.94. The second kappa shape index (κ2) is 9.00. The minimum absolute atomic E-state index is 0.114. The topological polar surface area (TPSA) is 122 Å². The Morgan fingerprint density at radius 2 is 1.58 bits per heavy atom. The number of hydrogen-bond donors (Lipinski definition) is 1. The summed E-state index contributed by atoms with van der Waals surface area (Å²) in [6.45, 7) is 7.29. The van der Waals surface area contributed by atoms with Crippen LogP contribution in [-0.4, -0.2) is 39.4 Å². The summed E-state index contributed by atoms with van der Waals surface area (Å²) in [4.78, 5) is 23.5. The molecule has 9 heteroatoms. The lowest BCUT2D eigenvalue weighted by molar-refractivity contribution is -0.136. The number of hydrogen-bond acceptors (Lipinski definition) is 8. The van der Waals surface area contributed by atoms with Gasteiger partial charge in [-0.2, -0.15) is 8.42 Å². The van der Waals surface area contributed by atoms with E-state index in [1.54, 1.807) is 0 Å². The normalized spacial score (nSPS) is 12.8. The Morgan fingerprint density at radius 1 is 1.08 bits per heavy atom. The van der Waals surface area contributed by atoms with Gasteiger partial charge in [-0.05, 0) is 23.0 Å². The summed E-state index contributed by atoms with van der Waals surface area (Å²) in [6.07, 6.45) is -0.328. The predicted molar refractivity (Wildman–Crippen MR) is 95.5 cm³/mol. The highest BCUT2D eigenvalue weighted by molar-refractivity contribution is 7.86. The van der Waals surface area contributed by atoms with E-state index >= 15 is 0 Å². The molecule has 0 unspecified atom stereocenters. The van der Waals surface area contributed by atoms with Crippen molar-refractivity contribution in [3.05, 3.63) is 29.3 Å². The summed E-state index contributed by atoms with van der Waals surface area (Å²) in [6, 6.07) is 4.16. The molecule has 146 valence electrons. The van der Waals surface area contributed by atoms with Crippen LogP contribution in [0.2, 0.25) is 0 Å². The molecule has 0 radical (unpaired) electrons. The van der Waals surface area contributed by atoms with Crippen LogP contribution >= 0.6 is 0 Å². The summed E-state index contributed by atoms with van der Waals surface area (Å²) in [5.74, 6) is -0.576. The van der Waals surface area contributed by atoms with Gasteiger partial charge in [-0.25, -0.2) is 9.59 Å². The Labute approximate surface area is 153 Å². The molecular weight excluding hydrogens is 362 g/mol. The van der Waals surface area contributed by atoms with Crippen LogP contribution in [0, 0.1) is 0 Å². The van der Waals surface area contributed by atoms with Crippen LogP contribution in [0.4, 0.5) is 4.79 Å². The third kappa shape index (κ3) is 6.64. The van der Waals surface area contributed by atoms with Gasteiger partial charge in [0.25, 0.3) is 0 Å². The van der Waals surface area contributed by atoms with Gasteiger partial charge in [-0.1, -0.05) is 45.9 Å². The van der Waals surface area contributed by atoms with Gasteiger partial charge in [-0.3, -0.25) is 0 Å². The minimum atomic E-state index is -3.99. The van der Waals surface area contributed by atoms with Gasteiger partial charge in [0.2, 0.25) is 0 Å². The zero-order valence-electron chi connectivity index (χ0n) is 15.5. The first kappa shape index (κ1) is 21.9. The summed E-state index contributed by atoms with van der Waals surface area (Å²) < 4.78 is 36.1. The molecule has 0 saturated carbocycles. The maximum Gasteiger partial charge on any atom is 0.513 e. The molecule has 1 atom stereocenters. The molecule has 0 aliphatic heterocycles. The highest BCUT2D eigenvalue weighted by Crippen LogP contribution is 2.34. The van der Waals surface area contributed by atoms with Crippen LogP contribution in [0.3, 0.4) is 0 Å². The molecule has 26 heavy (non-hydrogen) atoms. The Balaban J connectivity index is 2.81. The molecular formula is C17H25NO7S. The third-order valence-corrected chi connectivity index (χ3v) is 3.89. The van der Waals surface area contributed by atoms with E-state index in [1.165, 1.54) is 0 Å². The van der Waals surface area contributed by atoms with Crippen molar-refractivity contribution in [3.8, 4) is 5.75 Å². The van der Waals surface area contributed by atoms with Gasteiger partial charge in [0.15, 0.2) is 0 Å². The summed E-state index contributed by atoms with van der Waals surface area (Å²) in [7, 11) is -3.99. The van der Waals surface area contributed by atoms with E-state index in [-0.39, 0.29) is 11.8 Å². The molecule has 0 fully saturated rings. The summed E-state index contributed by atoms with van der Waals surface area (Å²) in [5.41, 5.74) is 7.13. The van der Waals surface area contributed by atoms with Crippen molar-refractivity contribution in [2.45, 2.75) is 45.6 Å². The van der Waals surface area contributed by atoms with Gasteiger partial charge in [0, 0.05) is 0 Å². The fraction of sp³-hybridized carbons (Fsp3) is 0.529. The Kier molecular flexibility index (Phi) is 7.58. The van der Waals surface area contributed by atoms with Gasteiger partial charge in [0.1, 0.15) is 18.4 Å². The highest BCUT2D eigenvalue weighted by Gasteiger charge is 2.23. The lowest BCUT2D eigenvalue weighted by Crippen LogP contribution is -2.38. The van der Waals surface area contributed by atoms with Gasteiger partial charge >= 0.3 is 22.2 Å². The molecule has 1 aromatic carbocycles. The number of para-hydroxylation sites is 1. The van der Waals surface area contributed by atoms with Gasteiger partial charge in [-0.15, -0.1) is 0 Å². The maximum absolute atomic E-state index is 12.0. The molecule has 0 spiro atoms. The molecule has 0 amide bonds. The first-order chi connectivity index (χ1) is 11.9. The zero-order chi connectivity index (χ0) is 20.1. The number of ether oxygens (including phenoxy) is 2. The number of nitrogens with two attached hydrogens (primary N) is 1. The van der Waals surface area contributed by atoms with E-state index in [0.29, 0.717) is 12.0 Å². The number of benzene rings is 1. The molecule has 2 N–H and O–H groups in total. The van der Waals surface area contributed by atoms with Crippen molar-refractivity contribution >= 4 is 22.2 Å². The van der Waals surface area contributed by atoms with Gasteiger partial charge < -0.3 is 19.4 Å². The van der Waals surface area contributed by atoms with E-state index in [4.69, 9.17) is 15.2 Å². The van der Waals surface area contributed by atoms with Crippen LogP contribution in [0.1, 0.15) is 50.7 Å². The zero-order valence-corrected chi connectivity index (χ0v) is 16.3.